The Morgan fingerprint density at radius 2 is 1.69 bits per heavy atom. The Morgan fingerprint density at radius 1 is 1.12 bits per heavy atom. The van der Waals surface area contributed by atoms with Gasteiger partial charge in [0.1, 0.15) is 0 Å². The van der Waals surface area contributed by atoms with Crippen molar-refractivity contribution in [3.05, 3.63) is 33.8 Å². The van der Waals surface area contributed by atoms with E-state index in [1.807, 2.05) is 0 Å². The first-order chi connectivity index (χ1) is 7.13. The molecule has 16 heavy (non-hydrogen) atoms. The van der Waals surface area contributed by atoms with Gasteiger partial charge in [-0.2, -0.15) is 17.6 Å². The zero-order chi connectivity index (χ0) is 12.6. The van der Waals surface area contributed by atoms with Gasteiger partial charge in [0.15, 0.2) is 0 Å². The van der Waals surface area contributed by atoms with Crippen LogP contribution in [0.3, 0.4) is 0 Å². The van der Waals surface area contributed by atoms with E-state index in [1.54, 1.807) is 15.9 Å². The molecule has 0 nitrogen and oxygen atoms in total. The summed E-state index contributed by atoms with van der Waals surface area (Å²) in [5, 5.41) is 0.187. The van der Waals surface area contributed by atoms with Crippen LogP contribution in [-0.4, -0.2) is 10.8 Å². The smallest absolute Gasteiger partial charge is 0.198 e. The van der Waals surface area contributed by atoms with Gasteiger partial charge in [-0.1, -0.05) is 29.3 Å². The molecular weight excluding hydrogens is 335 g/mol. The van der Waals surface area contributed by atoms with E-state index >= 15 is 0 Å². The van der Waals surface area contributed by atoms with Crippen LogP contribution in [0.5, 0.6) is 0 Å². The number of halogens is 7. The molecule has 0 N–H and O–H groups in total. The van der Waals surface area contributed by atoms with Crippen molar-refractivity contribution in [2.24, 2.45) is 0 Å². The lowest BCUT2D eigenvalue weighted by Gasteiger charge is -2.21. The van der Waals surface area contributed by atoms with Crippen molar-refractivity contribution >= 4 is 39.1 Å². The zero-order valence-electron chi connectivity index (χ0n) is 7.58. The molecule has 0 saturated carbocycles. The van der Waals surface area contributed by atoms with Gasteiger partial charge in [-0.25, -0.2) is 0 Å². The van der Waals surface area contributed by atoms with Crippen LogP contribution in [-0.2, 0) is 6.42 Å². The van der Waals surface area contributed by atoms with Gasteiger partial charge in [-0.15, -0.1) is 0 Å². The van der Waals surface area contributed by atoms with E-state index in [1.165, 1.54) is 18.2 Å². The molecule has 1 aromatic carbocycles. The van der Waals surface area contributed by atoms with Gasteiger partial charge in [0, 0.05) is 16.5 Å². The minimum atomic E-state index is -4.27. The van der Waals surface area contributed by atoms with Crippen molar-refractivity contribution in [1.29, 1.82) is 0 Å². The van der Waals surface area contributed by atoms with E-state index in [-0.39, 0.29) is 15.6 Å². The second kappa shape index (κ2) is 4.70. The number of hydrogen-bond donors (Lipinski definition) is 0. The van der Waals surface area contributed by atoms with Crippen molar-refractivity contribution in [3.8, 4) is 0 Å². The highest BCUT2D eigenvalue weighted by Crippen LogP contribution is 2.42. The summed E-state index contributed by atoms with van der Waals surface area (Å²) in [6.07, 6.45) is -1.17. The molecule has 0 saturated heterocycles. The zero-order valence-corrected chi connectivity index (χ0v) is 10.7. The van der Waals surface area contributed by atoms with Crippen molar-refractivity contribution in [2.45, 2.75) is 17.2 Å². The predicted molar refractivity (Wildman–Crippen MR) is 59.0 cm³/mol. The van der Waals surface area contributed by atoms with Crippen molar-refractivity contribution in [3.63, 3.8) is 0 Å². The van der Waals surface area contributed by atoms with Gasteiger partial charge in [-0.05, 0) is 33.6 Å². The first kappa shape index (κ1) is 14.1. The number of hydrogen-bond acceptors (Lipinski definition) is 0. The summed E-state index contributed by atoms with van der Waals surface area (Å²) in [5.41, 5.74) is -0.0878. The van der Waals surface area contributed by atoms with Crippen LogP contribution in [0.25, 0.3) is 0 Å². The Morgan fingerprint density at radius 3 is 2.12 bits per heavy atom. The van der Waals surface area contributed by atoms with Gasteiger partial charge < -0.3 is 0 Å². The SMILES string of the molecule is FC(F)(Br)C(F)(F)Cc1ccc(Cl)cc1Cl. The van der Waals surface area contributed by atoms with Crippen LogP contribution in [0.15, 0.2) is 18.2 Å². The summed E-state index contributed by atoms with van der Waals surface area (Å²) in [5.74, 6) is -4.22. The largest absolute Gasteiger partial charge is 0.363 e. The molecule has 0 heterocycles. The molecule has 0 amide bonds. The number of alkyl halides is 5. The van der Waals surface area contributed by atoms with Crippen LogP contribution in [0, 0.1) is 0 Å². The molecule has 1 aromatic rings. The van der Waals surface area contributed by atoms with Gasteiger partial charge in [0.05, 0.1) is 0 Å². The third-order valence-electron chi connectivity index (χ3n) is 1.84. The molecule has 0 atom stereocenters. The van der Waals surface area contributed by atoms with E-state index in [0.717, 1.165) is 0 Å². The fraction of sp³-hybridized carbons (Fsp3) is 0.333. The first-order valence-corrected chi connectivity index (χ1v) is 5.57. The quantitative estimate of drug-likeness (QED) is 0.527. The highest BCUT2D eigenvalue weighted by atomic mass is 79.9. The van der Waals surface area contributed by atoms with E-state index < -0.39 is 17.2 Å². The molecule has 0 aliphatic carbocycles. The molecule has 0 fully saturated rings. The Labute approximate surface area is 108 Å². The highest BCUT2D eigenvalue weighted by Gasteiger charge is 2.54. The standard InChI is InChI=1S/C9H5BrCl2F4/c10-9(15,16)8(13,14)4-5-1-2-6(11)3-7(5)12/h1-3H,4H2. The van der Waals surface area contributed by atoms with Gasteiger partial charge in [0.2, 0.25) is 0 Å². The molecule has 7 heteroatoms. The normalized spacial score (nSPS) is 12.9. The van der Waals surface area contributed by atoms with Crippen LogP contribution in [0.2, 0.25) is 10.0 Å². The van der Waals surface area contributed by atoms with Crippen molar-refractivity contribution in [2.75, 3.05) is 0 Å². The minimum absolute atomic E-state index is 0.0658. The molecule has 0 aromatic heterocycles. The van der Waals surface area contributed by atoms with Crippen LogP contribution in [0.1, 0.15) is 5.56 Å². The van der Waals surface area contributed by atoms with Gasteiger partial charge in [-0.3, -0.25) is 0 Å². The summed E-state index contributed by atoms with van der Waals surface area (Å²) < 4.78 is 51.0. The van der Waals surface area contributed by atoms with Crippen molar-refractivity contribution in [1.82, 2.24) is 0 Å². The summed E-state index contributed by atoms with van der Waals surface area (Å²) in [7, 11) is 0. The van der Waals surface area contributed by atoms with E-state index in [2.05, 4.69) is 0 Å². The maximum absolute atomic E-state index is 13.0. The second-order valence-electron chi connectivity index (χ2n) is 3.11. The maximum atomic E-state index is 13.0. The lowest BCUT2D eigenvalue weighted by Crippen LogP contribution is -2.37. The van der Waals surface area contributed by atoms with Crippen LogP contribution in [0.4, 0.5) is 17.6 Å². The molecule has 1 rings (SSSR count). The van der Waals surface area contributed by atoms with E-state index in [4.69, 9.17) is 23.2 Å². The average molecular weight is 340 g/mol. The second-order valence-corrected chi connectivity index (χ2v) is 4.95. The lowest BCUT2D eigenvalue weighted by atomic mass is 10.1. The molecule has 0 aliphatic heterocycles. The first-order valence-electron chi connectivity index (χ1n) is 4.02. The highest BCUT2D eigenvalue weighted by molar-refractivity contribution is 9.10. The summed E-state index contributed by atoms with van der Waals surface area (Å²) in [6.45, 7) is 0. The van der Waals surface area contributed by atoms with Gasteiger partial charge in [0.25, 0.3) is 0 Å². The third-order valence-corrected chi connectivity index (χ3v) is 3.01. The monoisotopic (exact) mass is 338 g/mol. The Bertz CT molecular complexity index is 390. The summed E-state index contributed by atoms with van der Waals surface area (Å²) in [6, 6.07) is 3.73. The molecule has 0 spiro atoms. The lowest BCUT2D eigenvalue weighted by molar-refractivity contribution is -0.145. The molecule has 0 radical (unpaired) electrons. The topological polar surface area (TPSA) is 0 Å². The van der Waals surface area contributed by atoms with E-state index in [0.29, 0.717) is 0 Å². The Balaban J connectivity index is 2.97. The third kappa shape index (κ3) is 3.25. The predicted octanol–water partition coefficient (Wildman–Crippen LogP) is 5.16. The number of rotatable bonds is 3. The minimum Gasteiger partial charge on any atom is -0.198 e. The van der Waals surface area contributed by atoms with Crippen molar-refractivity contribution < 1.29 is 17.6 Å². The summed E-state index contributed by atoms with van der Waals surface area (Å²) >= 11 is 12.8. The van der Waals surface area contributed by atoms with Crippen LogP contribution >= 0.6 is 39.1 Å². The maximum Gasteiger partial charge on any atom is 0.363 e. The molecular formula is C9H5BrCl2F4. The molecule has 90 valence electrons. The molecule has 0 aliphatic rings. The van der Waals surface area contributed by atoms with Gasteiger partial charge >= 0.3 is 10.8 Å². The molecule has 0 unspecified atom stereocenters. The fourth-order valence-electron chi connectivity index (χ4n) is 1.00. The Kier molecular flexibility index (Phi) is 4.13. The average Bonchev–Trinajstić information content (AvgIpc) is 2.08. The van der Waals surface area contributed by atoms with Crippen LogP contribution < -0.4 is 0 Å². The van der Waals surface area contributed by atoms with E-state index in [9.17, 15) is 17.6 Å². The summed E-state index contributed by atoms with van der Waals surface area (Å²) in [4.78, 5) is -4.27. The Hall–Kier alpha value is -0.000000000000000111. The fourth-order valence-corrected chi connectivity index (χ4v) is 1.62. The number of benzene rings is 1. The molecule has 0 bridgehead atoms.